The Balaban J connectivity index is 2.18. The van der Waals surface area contributed by atoms with Gasteiger partial charge in [-0.15, -0.1) is 0 Å². The fourth-order valence-electron chi connectivity index (χ4n) is 3.52. The van der Waals surface area contributed by atoms with Crippen molar-refractivity contribution < 1.29 is 0 Å². The van der Waals surface area contributed by atoms with Gasteiger partial charge in [-0.1, -0.05) is 40.0 Å². The Morgan fingerprint density at radius 2 is 1.67 bits per heavy atom. The lowest BCUT2D eigenvalue weighted by atomic mass is 9.52. The first kappa shape index (κ1) is 8.59. The van der Waals surface area contributed by atoms with E-state index >= 15 is 0 Å². The Bertz CT molecular complexity index is 178. The van der Waals surface area contributed by atoms with Crippen LogP contribution in [0.4, 0.5) is 0 Å². The van der Waals surface area contributed by atoms with Crippen molar-refractivity contribution in [1.29, 1.82) is 0 Å². The van der Waals surface area contributed by atoms with Crippen LogP contribution in [0.3, 0.4) is 0 Å². The molecule has 2 unspecified atom stereocenters. The van der Waals surface area contributed by atoms with Gasteiger partial charge in [-0.2, -0.15) is 0 Å². The van der Waals surface area contributed by atoms with E-state index in [4.69, 9.17) is 0 Å². The summed E-state index contributed by atoms with van der Waals surface area (Å²) in [6.07, 6.45) is 8.92. The summed E-state index contributed by atoms with van der Waals surface area (Å²) in [7, 11) is 0. The molecule has 0 spiro atoms. The molecule has 0 aliphatic heterocycles. The zero-order chi connectivity index (χ0) is 8.82. The third-order valence-electron chi connectivity index (χ3n) is 5.26. The average Bonchev–Trinajstić information content (AvgIpc) is 2.29. The average molecular weight is 166 g/mol. The predicted octanol–water partition coefficient (Wildman–Crippen LogP) is 4.00. The predicted molar refractivity (Wildman–Crippen MR) is 53.1 cm³/mol. The maximum atomic E-state index is 2.55. The molecule has 0 aromatic carbocycles. The molecule has 0 radical (unpaired) electrons. The maximum absolute atomic E-state index is 2.55. The van der Waals surface area contributed by atoms with E-state index in [0.29, 0.717) is 10.8 Å². The second-order valence-corrected chi connectivity index (χ2v) is 5.62. The lowest BCUT2D eigenvalue weighted by Crippen LogP contribution is -2.44. The van der Waals surface area contributed by atoms with E-state index in [1.807, 2.05) is 0 Å². The second-order valence-electron chi connectivity index (χ2n) is 5.62. The van der Waals surface area contributed by atoms with Gasteiger partial charge < -0.3 is 0 Å². The molecule has 70 valence electrons. The summed E-state index contributed by atoms with van der Waals surface area (Å²) < 4.78 is 0. The molecule has 2 rings (SSSR count). The van der Waals surface area contributed by atoms with Crippen LogP contribution >= 0.6 is 0 Å². The van der Waals surface area contributed by atoms with Crippen LogP contribution in [0.1, 0.15) is 59.3 Å². The molecule has 0 bridgehead atoms. The van der Waals surface area contributed by atoms with Crippen LogP contribution in [0, 0.1) is 16.7 Å². The van der Waals surface area contributed by atoms with Crippen LogP contribution < -0.4 is 0 Å². The molecular weight excluding hydrogens is 144 g/mol. The molecule has 0 aromatic heterocycles. The molecule has 0 amide bonds. The first-order valence-corrected chi connectivity index (χ1v) is 5.58. The quantitative estimate of drug-likeness (QED) is 0.552. The van der Waals surface area contributed by atoms with Gasteiger partial charge in [0.25, 0.3) is 0 Å². The van der Waals surface area contributed by atoms with Crippen LogP contribution in [0.2, 0.25) is 0 Å². The lowest BCUT2D eigenvalue weighted by molar-refractivity contribution is -0.0346. The van der Waals surface area contributed by atoms with Crippen LogP contribution in [0.15, 0.2) is 0 Å². The summed E-state index contributed by atoms with van der Waals surface area (Å²) in [5, 5.41) is 0. The summed E-state index contributed by atoms with van der Waals surface area (Å²) in [6.45, 7) is 7.54. The van der Waals surface area contributed by atoms with Crippen molar-refractivity contribution >= 4 is 0 Å². The van der Waals surface area contributed by atoms with Gasteiger partial charge in [-0.25, -0.2) is 0 Å². The summed E-state index contributed by atoms with van der Waals surface area (Å²) in [4.78, 5) is 0. The third-order valence-corrected chi connectivity index (χ3v) is 5.26. The minimum Gasteiger partial charge on any atom is -0.0620 e. The lowest BCUT2D eigenvalue weighted by Gasteiger charge is -2.53. The fourth-order valence-corrected chi connectivity index (χ4v) is 3.52. The zero-order valence-electron chi connectivity index (χ0n) is 8.82. The van der Waals surface area contributed by atoms with E-state index in [1.165, 1.54) is 38.5 Å². The number of rotatable bonds is 1. The smallest absolute Gasteiger partial charge is 0.0246 e. The summed E-state index contributed by atoms with van der Waals surface area (Å²) >= 11 is 0. The molecule has 12 heavy (non-hydrogen) atoms. The normalized spacial score (nSPS) is 45.8. The molecule has 0 saturated heterocycles. The van der Waals surface area contributed by atoms with E-state index in [-0.39, 0.29) is 0 Å². The van der Waals surface area contributed by atoms with Crippen LogP contribution in [0.5, 0.6) is 0 Å². The summed E-state index contributed by atoms with van der Waals surface area (Å²) in [5.41, 5.74) is 1.40. The van der Waals surface area contributed by atoms with E-state index in [2.05, 4.69) is 20.8 Å². The van der Waals surface area contributed by atoms with Crippen molar-refractivity contribution in [2.45, 2.75) is 59.3 Å². The highest BCUT2D eigenvalue weighted by molar-refractivity contribution is 5.02. The van der Waals surface area contributed by atoms with Gasteiger partial charge in [0.05, 0.1) is 0 Å². The van der Waals surface area contributed by atoms with E-state index in [0.717, 1.165) is 5.92 Å². The van der Waals surface area contributed by atoms with Gasteiger partial charge in [-0.3, -0.25) is 0 Å². The van der Waals surface area contributed by atoms with Crippen LogP contribution in [0.25, 0.3) is 0 Å². The van der Waals surface area contributed by atoms with Crippen molar-refractivity contribution in [2.75, 3.05) is 0 Å². The van der Waals surface area contributed by atoms with Crippen molar-refractivity contribution in [3.63, 3.8) is 0 Å². The molecule has 0 aromatic rings. The molecule has 2 aliphatic rings. The second kappa shape index (κ2) is 2.49. The molecule has 0 heterocycles. The first-order chi connectivity index (χ1) is 5.58. The van der Waals surface area contributed by atoms with Gasteiger partial charge in [0.2, 0.25) is 0 Å². The Hall–Kier alpha value is 0. The monoisotopic (exact) mass is 166 g/mol. The van der Waals surface area contributed by atoms with Crippen molar-refractivity contribution in [1.82, 2.24) is 0 Å². The summed E-state index contributed by atoms with van der Waals surface area (Å²) in [5.74, 6) is 0.975. The highest BCUT2D eigenvalue weighted by atomic mass is 14.6. The van der Waals surface area contributed by atoms with Gasteiger partial charge >= 0.3 is 0 Å². The van der Waals surface area contributed by atoms with E-state index < -0.39 is 0 Å². The highest BCUT2D eigenvalue weighted by Crippen LogP contribution is 2.62. The van der Waals surface area contributed by atoms with Crippen LogP contribution in [-0.2, 0) is 0 Å². The van der Waals surface area contributed by atoms with Gasteiger partial charge in [0.15, 0.2) is 0 Å². The first-order valence-electron chi connectivity index (χ1n) is 5.58. The third kappa shape index (κ3) is 0.900. The fraction of sp³-hybridized carbons (Fsp3) is 1.00. The molecule has 2 saturated carbocycles. The van der Waals surface area contributed by atoms with Crippen molar-refractivity contribution in [3.05, 3.63) is 0 Å². The Kier molecular flexibility index (Phi) is 1.79. The minimum absolute atomic E-state index is 0.686. The minimum atomic E-state index is 0.686. The highest BCUT2D eigenvalue weighted by Gasteiger charge is 2.52. The van der Waals surface area contributed by atoms with Gasteiger partial charge in [0.1, 0.15) is 0 Å². The molecule has 0 N–H and O–H groups in total. The standard InChI is InChI=1S/C12H22/c1-10-6-4-9-12(10,3)11(2)7-5-8-11/h10H,4-9H2,1-3H3. The molecule has 2 atom stereocenters. The number of hydrogen-bond acceptors (Lipinski definition) is 0. The summed E-state index contributed by atoms with van der Waals surface area (Å²) in [6, 6.07) is 0. The molecule has 0 nitrogen and oxygen atoms in total. The van der Waals surface area contributed by atoms with E-state index in [1.54, 1.807) is 0 Å². The molecule has 2 aliphatic carbocycles. The molecular formula is C12H22. The maximum Gasteiger partial charge on any atom is -0.0246 e. The van der Waals surface area contributed by atoms with E-state index in [9.17, 15) is 0 Å². The number of hydrogen-bond donors (Lipinski definition) is 0. The van der Waals surface area contributed by atoms with Gasteiger partial charge in [-0.05, 0) is 36.0 Å². The Labute approximate surface area is 76.7 Å². The molecule has 2 fully saturated rings. The molecule has 0 heteroatoms. The Morgan fingerprint density at radius 1 is 1.00 bits per heavy atom. The van der Waals surface area contributed by atoms with Crippen molar-refractivity contribution in [3.8, 4) is 0 Å². The zero-order valence-corrected chi connectivity index (χ0v) is 8.82. The largest absolute Gasteiger partial charge is 0.0620 e. The van der Waals surface area contributed by atoms with Crippen LogP contribution in [-0.4, -0.2) is 0 Å². The topological polar surface area (TPSA) is 0 Å². The Morgan fingerprint density at radius 3 is 2.00 bits per heavy atom. The van der Waals surface area contributed by atoms with Crippen molar-refractivity contribution in [2.24, 2.45) is 16.7 Å². The SMILES string of the molecule is CC1CCCC1(C)C1(C)CCC1. The van der Waals surface area contributed by atoms with Gasteiger partial charge in [0, 0.05) is 0 Å².